The Kier molecular flexibility index (Phi) is 7.63. The molecule has 0 aliphatic carbocycles. The molecule has 0 N–H and O–H groups in total. The molecule has 0 aliphatic rings. The van der Waals surface area contributed by atoms with Crippen LogP contribution in [0.25, 0.3) is 0 Å². The Bertz CT molecular complexity index is 49.4. The molecule has 6 heavy (non-hydrogen) atoms. The predicted octanol–water partition coefficient (Wildman–Crippen LogP) is 1.39. The lowest BCUT2D eigenvalue weighted by molar-refractivity contribution is 0.868. The van der Waals surface area contributed by atoms with Gasteiger partial charge in [0, 0.05) is 5.92 Å². The van der Waals surface area contributed by atoms with Crippen LogP contribution in [-0.2, 0) is 0 Å². The standard InChI is InChI=1S/C5H8.H2S/c1-4-5(2)3;/h1,5H,2-3H3;1H2. The van der Waals surface area contributed by atoms with Gasteiger partial charge in [-0.25, -0.2) is 0 Å². The number of hydrogen-bond acceptors (Lipinski definition) is 0. The van der Waals surface area contributed by atoms with Gasteiger partial charge in [-0.2, -0.15) is 13.5 Å². The van der Waals surface area contributed by atoms with Gasteiger partial charge in [0.25, 0.3) is 0 Å². The largest absolute Gasteiger partial charge is 0.197 e. The van der Waals surface area contributed by atoms with Gasteiger partial charge < -0.3 is 0 Å². The summed E-state index contributed by atoms with van der Waals surface area (Å²) < 4.78 is 0. The summed E-state index contributed by atoms with van der Waals surface area (Å²) in [5.74, 6) is 2.94. The highest BCUT2D eigenvalue weighted by Crippen LogP contribution is 1.81. The highest BCUT2D eigenvalue weighted by atomic mass is 32.1. The molecular formula is C5H10S. The minimum Gasteiger partial charge on any atom is -0.197 e. The molecule has 0 amide bonds. The molecule has 0 aromatic rings. The molecule has 0 saturated carbocycles. The molecule has 0 atom stereocenters. The van der Waals surface area contributed by atoms with Crippen LogP contribution in [0.4, 0.5) is 0 Å². The third kappa shape index (κ3) is 9.08. The van der Waals surface area contributed by atoms with Crippen molar-refractivity contribution in [3.05, 3.63) is 0 Å². The fourth-order valence-electron chi connectivity index (χ4n) is 0. The fraction of sp³-hybridized carbons (Fsp3) is 0.600. The lowest BCUT2D eigenvalue weighted by Gasteiger charge is -1.80. The van der Waals surface area contributed by atoms with E-state index in [2.05, 4.69) is 5.92 Å². The Hall–Kier alpha value is -0.0900. The molecule has 0 unspecified atom stereocenters. The maximum absolute atomic E-state index is 4.92. The number of hydrogen-bond donors (Lipinski definition) is 0. The first kappa shape index (κ1) is 9.32. The summed E-state index contributed by atoms with van der Waals surface area (Å²) in [5.41, 5.74) is 0. The predicted molar refractivity (Wildman–Crippen MR) is 34.1 cm³/mol. The Morgan fingerprint density at radius 2 is 1.67 bits per heavy atom. The molecule has 1 heteroatoms. The average molecular weight is 102 g/mol. The smallest absolute Gasteiger partial charge is 0.0143 e. The molecule has 0 fully saturated rings. The molecule has 0 bridgehead atoms. The van der Waals surface area contributed by atoms with Crippen molar-refractivity contribution in [3.8, 4) is 12.3 Å². The molecule has 0 radical (unpaired) electrons. The van der Waals surface area contributed by atoms with Crippen LogP contribution < -0.4 is 0 Å². The van der Waals surface area contributed by atoms with Crippen LogP contribution in [0.1, 0.15) is 13.8 Å². The van der Waals surface area contributed by atoms with Crippen LogP contribution in [0.15, 0.2) is 0 Å². The summed E-state index contributed by atoms with van der Waals surface area (Å²) in [6, 6.07) is 0. The van der Waals surface area contributed by atoms with E-state index in [1.54, 1.807) is 0 Å². The Balaban J connectivity index is 0. The zero-order chi connectivity index (χ0) is 4.28. The van der Waals surface area contributed by atoms with Crippen molar-refractivity contribution in [2.24, 2.45) is 5.92 Å². The zero-order valence-electron chi connectivity index (χ0n) is 4.15. The van der Waals surface area contributed by atoms with E-state index in [0.717, 1.165) is 0 Å². The van der Waals surface area contributed by atoms with Crippen LogP contribution in [0.3, 0.4) is 0 Å². The Labute approximate surface area is 46.4 Å². The van der Waals surface area contributed by atoms with E-state index < -0.39 is 0 Å². The molecule has 0 aliphatic heterocycles. The summed E-state index contributed by atoms with van der Waals surface area (Å²) >= 11 is 0. The highest BCUT2D eigenvalue weighted by Gasteiger charge is 1.74. The summed E-state index contributed by atoms with van der Waals surface area (Å²) in [6.07, 6.45) is 4.92. The van der Waals surface area contributed by atoms with E-state index in [-0.39, 0.29) is 13.5 Å². The second-order valence-electron chi connectivity index (χ2n) is 1.32. The zero-order valence-corrected chi connectivity index (χ0v) is 5.15. The van der Waals surface area contributed by atoms with Crippen molar-refractivity contribution >= 4 is 13.5 Å². The second kappa shape index (κ2) is 4.91. The van der Waals surface area contributed by atoms with Crippen LogP contribution in [0.2, 0.25) is 0 Å². The highest BCUT2D eigenvalue weighted by molar-refractivity contribution is 7.59. The van der Waals surface area contributed by atoms with E-state index >= 15 is 0 Å². The summed E-state index contributed by atoms with van der Waals surface area (Å²) in [7, 11) is 0. The third-order valence-electron chi connectivity index (χ3n) is 0.333. The summed E-state index contributed by atoms with van der Waals surface area (Å²) in [4.78, 5) is 0. The lowest BCUT2D eigenvalue weighted by atomic mass is 10.2. The normalized spacial score (nSPS) is 6.33. The molecule has 0 nitrogen and oxygen atoms in total. The van der Waals surface area contributed by atoms with Gasteiger partial charge in [0.15, 0.2) is 0 Å². The second-order valence-corrected chi connectivity index (χ2v) is 1.32. The first-order chi connectivity index (χ1) is 2.27. The molecule has 0 rings (SSSR count). The quantitative estimate of drug-likeness (QED) is 0.405. The first-order valence-corrected chi connectivity index (χ1v) is 1.73. The van der Waals surface area contributed by atoms with Crippen LogP contribution >= 0.6 is 13.5 Å². The van der Waals surface area contributed by atoms with Gasteiger partial charge in [0.2, 0.25) is 0 Å². The lowest BCUT2D eigenvalue weighted by Crippen LogP contribution is -1.72. The molecular weight excluding hydrogens is 92.1 g/mol. The Morgan fingerprint density at radius 3 is 1.67 bits per heavy atom. The minimum absolute atomic E-state index is 0. The van der Waals surface area contributed by atoms with Crippen molar-refractivity contribution < 1.29 is 0 Å². The fourth-order valence-corrected chi connectivity index (χ4v) is 0. The Morgan fingerprint density at radius 1 is 1.50 bits per heavy atom. The van der Waals surface area contributed by atoms with Gasteiger partial charge in [-0.1, -0.05) is 13.8 Å². The van der Waals surface area contributed by atoms with Crippen molar-refractivity contribution in [1.82, 2.24) is 0 Å². The molecule has 0 aromatic carbocycles. The SMILES string of the molecule is C#CC(C)C.S. The molecule has 0 saturated heterocycles. The number of terminal acetylenes is 1. The van der Waals surface area contributed by atoms with E-state index in [1.807, 2.05) is 13.8 Å². The van der Waals surface area contributed by atoms with Crippen molar-refractivity contribution in [2.75, 3.05) is 0 Å². The van der Waals surface area contributed by atoms with Crippen LogP contribution in [-0.4, -0.2) is 0 Å². The molecule has 0 aromatic heterocycles. The van der Waals surface area contributed by atoms with Gasteiger partial charge in [0.05, 0.1) is 0 Å². The van der Waals surface area contributed by atoms with E-state index in [0.29, 0.717) is 5.92 Å². The van der Waals surface area contributed by atoms with E-state index in [4.69, 9.17) is 6.42 Å². The van der Waals surface area contributed by atoms with Crippen molar-refractivity contribution in [2.45, 2.75) is 13.8 Å². The third-order valence-corrected chi connectivity index (χ3v) is 0.333. The van der Waals surface area contributed by atoms with Gasteiger partial charge in [-0.05, 0) is 0 Å². The monoisotopic (exact) mass is 102 g/mol. The van der Waals surface area contributed by atoms with Gasteiger partial charge in [-0.3, -0.25) is 0 Å². The molecule has 0 heterocycles. The summed E-state index contributed by atoms with van der Waals surface area (Å²) in [5, 5.41) is 0. The summed E-state index contributed by atoms with van der Waals surface area (Å²) in [6.45, 7) is 3.97. The molecule has 0 spiro atoms. The number of rotatable bonds is 0. The van der Waals surface area contributed by atoms with Crippen LogP contribution in [0.5, 0.6) is 0 Å². The van der Waals surface area contributed by atoms with Gasteiger partial charge in [0.1, 0.15) is 0 Å². The average Bonchev–Trinajstić information content (AvgIpc) is 1.38. The maximum Gasteiger partial charge on any atom is 0.0143 e. The van der Waals surface area contributed by atoms with Gasteiger partial charge >= 0.3 is 0 Å². The van der Waals surface area contributed by atoms with Crippen LogP contribution in [0, 0.1) is 18.3 Å². The van der Waals surface area contributed by atoms with Crippen molar-refractivity contribution in [3.63, 3.8) is 0 Å². The first-order valence-electron chi connectivity index (χ1n) is 1.73. The minimum atomic E-state index is 0. The maximum atomic E-state index is 4.92. The van der Waals surface area contributed by atoms with Gasteiger partial charge in [-0.15, -0.1) is 12.3 Å². The topological polar surface area (TPSA) is 0 Å². The molecule has 36 valence electrons. The van der Waals surface area contributed by atoms with E-state index in [9.17, 15) is 0 Å². The van der Waals surface area contributed by atoms with E-state index in [1.165, 1.54) is 0 Å². The van der Waals surface area contributed by atoms with Crippen molar-refractivity contribution in [1.29, 1.82) is 0 Å².